The van der Waals surface area contributed by atoms with Crippen LogP contribution in [-0.2, 0) is 19.3 Å². The van der Waals surface area contributed by atoms with Crippen molar-refractivity contribution in [3.05, 3.63) is 87.7 Å². The lowest BCUT2D eigenvalue weighted by molar-refractivity contribution is -0.274. The third kappa shape index (κ3) is 5.06. The molecule has 0 aromatic heterocycles. The molecule has 0 saturated carbocycles. The third-order valence-electron chi connectivity index (χ3n) is 6.53. The minimum Gasteiger partial charge on any atom is -0.406 e. The molecule has 0 amide bonds. The average molecular weight is 514 g/mol. The number of rotatable bonds is 6. The van der Waals surface area contributed by atoms with E-state index in [0.717, 1.165) is 30.7 Å². The van der Waals surface area contributed by atoms with Crippen molar-refractivity contribution in [1.82, 2.24) is 0 Å². The molecule has 1 aliphatic rings. The minimum absolute atomic E-state index is 0.0305. The molecule has 1 aliphatic carbocycles. The zero-order chi connectivity index (χ0) is 26.2. The van der Waals surface area contributed by atoms with Gasteiger partial charge in [0.25, 0.3) is 0 Å². The molecule has 0 spiro atoms. The highest BCUT2D eigenvalue weighted by molar-refractivity contribution is 5.68. The smallest absolute Gasteiger partial charge is 0.406 e. The van der Waals surface area contributed by atoms with Crippen LogP contribution in [-0.4, -0.2) is 6.36 Å². The van der Waals surface area contributed by atoms with E-state index in [9.17, 15) is 26.3 Å². The van der Waals surface area contributed by atoms with E-state index >= 15 is 8.78 Å². The van der Waals surface area contributed by atoms with Crippen LogP contribution in [0.4, 0.5) is 35.1 Å². The van der Waals surface area contributed by atoms with Gasteiger partial charge in [-0.3, -0.25) is 0 Å². The van der Waals surface area contributed by atoms with Crippen LogP contribution in [0.3, 0.4) is 0 Å². The number of benzene rings is 3. The van der Waals surface area contributed by atoms with Gasteiger partial charge in [-0.25, -0.2) is 22.0 Å². The number of ether oxygens (including phenoxy) is 1. The molecule has 0 radical (unpaired) electrons. The van der Waals surface area contributed by atoms with Crippen LogP contribution >= 0.6 is 0 Å². The van der Waals surface area contributed by atoms with Gasteiger partial charge in [-0.15, -0.1) is 13.2 Å². The Morgan fingerprint density at radius 2 is 1.50 bits per heavy atom. The van der Waals surface area contributed by atoms with Gasteiger partial charge in [0.05, 0.1) is 5.56 Å². The molecule has 3 aromatic carbocycles. The number of fused-ring (bicyclic) bond motifs is 1. The highest BCUT2D eigenvalue weighted by atomic mass is 19.4. The highest BCUT2D eigenvalue weighted by Gasteiger charge is 2.33. The molecular weight excluding hydrogens is 492 g/mol. The maximum atomic E-state index is 15.3. The molecule has 4 rings (SSSR count). The molecule has 0 saturated heterocycles. The summed E-state index contributed by atoms with van der Waals surface area (Å²) in [4.78, 5) is 0. The van der Waals surface area contributed by atoms with Crippen molar-refractivity contribution in [3.8, 4) is 16.9 Å². The molecule has 1 atom stereocenters. The first kappa shape index (κ1) is 26.0. The monoisotopic (exact) mass is 514 g/mol. The second kappa shape index (κ2) is 10.1. The van der Waals surface area contributed by atoms with E-state index in [2.05, 4.69) is 4.74 Å². The molecule has 0 heterocycles. The van der Waals surface area contributed by atoms with Gasteiger partial charge in [0.1, 0.15) is 11.6 Å². The lowest BCUT2D eigenvalue weighted by Gasteiger charge is -2.27. The van der Waals surface area contributed by atoms with E-state index in [0.29, 0.717) is 12.8 Å². The van der Waals surface area contributed by atoms with Gasteiger partial charge in [0, 0.05) is 0 Å². The largest absolute Gasteiger partial charge is 0.573 e. The SMILES string of the molecule is CCCCc1ccc(C2CCc3c(F)c(-c4ccc(OC(F)(F)F)cc4)c(F)c(F)c3C2)c(F)c1F. The first-order valence-electron chi connectivity index (χ1n) is 11.5. The summed E-state index contributed by atoms with van der Waals surface area (Å²) in [7, 11) is 0. The Bertz CT molecular complexity index is 1260. The zero-order valence-electron chi connectivity index (χ0n) is 19.2. The van der Waals surface area contributed by atoms with Gasteiger partial charge in [0.15, 0.2) is 23.3 Å². The molecule has 1 unspecified atom stereocenters. The van der Waals surface area contributed by atoms with Gasteiger partial charge in [-0.2, -0.15) is 0 Å². The van der Waals surface area contributed by atoms with Crippen molar-refractivity contribution >= 4 is 0 Å². The van der Waals surface area contributed by atoms with Crippen LogP contribution in [0.1, 0.15) is 54.4 Å². The minimum atomic E-state index is -4.94. The second-order valence-corrected chi connectivity index (χ2v) is 8.83. The molecular formula is C27H22F8O. The highest BCUT2D eigenvalue weighted by Crippen LogP contribution is 2.41. The molecule has 3 aromatic rings. The topological polar surface area (TPSA) is 9.23 Å². The van der Waals surface area contributed by atoms with Gasteiger partial charge in [-0.05, 0) is 78.0 Å². The van der Waals surface area contributed by atoms with Crippen LogP contribution in [0.2, 0.25) is 0 Å². The lowest BCUT2D eigenvalue weighted by atomic mass is 9.78. The predicted molar refractivity (Wildman–Crippen MR) is 118 cm³/mol. The maximum Gasteiger partial charge on any atom is 0.573 e. The fourth-order valence-electron chi connectivity index (χ4n) is 4.72. The Hall–Kier alpha value is -3.10. The van der Waals surface area contributed by atoms with Crippen LogP contribution in [0, 0.1) is 29.1 Å². The third-order valence-corrected chi connectivity index (χ3v) is 6.53. The summed E-state index contributed by atoms with van der Waals surface area (Å²) in [6.07, 6.45) is -3.16. The summed E-state index contributed by atoms with van der Waals surface area (Å²) < 4.78 is 116. The van der Waals surface area contributed by atoms with E-state index in [1.165, 1.54) is 12.1 Å². The fraction of sp³-hybridized carbons (Fsp3) is 0.333. The van der Waals surface area contributed by atoms with Crippen molar-refractivity contribution in [1.29, 1.82) is 0 Å². The van der Waals surface area contributed by atoms with Gasteiger partial charge in [-0.1, -0.05) is 37.6 Å². The lowest BCUT2D eigenvalue weighted by Crippen LogP contribution is -2.19. The Morgan fingerprint density at radius 1 is 0.806 bits per heavy atom. The normalized spacial score (nSPS) is 15.6. The summed E-state index contributed by atoms with van der Waals surface area (Å²) >= 11 is 0. The number of alkyl halides is 3. The molecule has 1 nitrogen and oxygen atoms in total. The Morgan fingerprint density at radius 3 is 2.14 bits per heavy atom. The van der Waals surface area contributed by atoms with Crippen LogP contribution < -0.4 is 4.74 Å². The predicted octanol–water partition coefficient (Wildman–Crippen LogP) is 8.56. The first-order valence-corrected chi connectivity index (χ1v) is 11.5. The second-order valence-electron chi connectivity index (χ2n) is 8.83. The van der Waals surface area contributed by atoms with Crippen molar-refractivity contribution in [3.63, 3.8) is 0 Å². The average Bonchev–Trinajstić information content (AvgIpc) is 2.83. The van der Waals surface area contributed by atoms with Gasteiger partial charge in [0.2, 0.25) is 0 Å². The first-order chi connectivity index (χ1) is 17.0. The summed E-state index contributed by atoms with van der Waals surface area (Å²) in [5.74, 6) is -7.11. The van der Waals surface area contributed by atoms with Gasteiger partial charge < -0.3 is 4.74 Å². The fourth-order valence-corrected chi connectivity index (χ4v) is 4.72. The van der Waals surface area contributed by atoms with Gasteiger partial charge >= 0.3 is 6.36 Å². The molecule has 0 fully saturated rings. The molecule has 192 valence electrons. The Kier molecular flexibility index (Phi) is 7.29. The molecule has 0 aliphatic heterocycles. The van der Waals surface area contributed by atoms with Crippen LogP contribution in [0.15, 0.2) is 36.4 Å². The number of aryl methyl sites for hydroxylation is 1. The van der Waals surface area contributed by atoms with Crippen molar-refractivity contribution < 1.29 is 39.9 Å². The Balaban J connectivity index is 1.66. The Labute approximate surface area is 202 Å². The number of hydrogen-bond donors (Lipinski definition) is 0. The quantitative estimate of drug-likeness (QED) is 0.237. The molecule has 0 N–H and O–H groups in total. The van der Waals surface area contributed by atoms with Crippen LogP contribution in [0.5, 0.6) is 5.75 Å². The van der Waals surface area contributed by atoms with E-state index in [1.807, 2.05) is 6.92 Å². The maximum absolute atomic E-state index is 15.3. The summed E-state index contributed by atoms with van der Waals surface area (Å²) in [5, 5.41) is 0. The molecule has 0 bridgehead atoms. The van der Waals surface area contributed by atoms with E-state index in [-0.39, 0.29) is 47.1 Å². The standard InChI is InChI=1S/C27H22F8O/c1-2-3-4-15-7-11-18(24(30)22(15)28)16-8-12-19-20(13-16)25(31)26(32)21(23(19)29)14-5-9-17(10-6-14)36-27(33,34)35/h5-7,9-11,16H,2-4,8,12-13H2,1H3. The van der Waals surface area contributed by atoms with Crippen molar-refractivity contribution in [2.75, 3.05) is 0 Å². The van der Waals surface area contributed by atoms with E-state index < -0.39 is 52.7 Å². The number of halogens is 8. The van der Waals surface area contributed by atoms with E-state index in [4.69, 9.17) is 0 Å². The molecule has 9 heteroatoms. The van der Waals surface area contributed by atoms with Crippen LogP contribution in [0.25, 0.3) is 11.1 Å². The number of hydrogen-bond acceptors (Lipinski definition) is 1. The molecule has 36 heavy (non-hydrogen) atoms. The summed E-state index contributed by atoms with van der Waals surface area (Å²) in [6, 6.07) is 6.68. The summed E-state index contributed by atoms with van der Waals surface area (Å²) in [5.41, 5.74) is -0.940. The zero-order valence-corrected chi connectivity index (χ0v) is 19.2. The number of unbranched alkanes of at least 4 members (excludes halogenated alkanes) is 1. The van der Waals surface area contributed by atoms with Crippen molar-refractivity contribution in [2.45, 2.75) is 57.7 Å². The summed E-state index contributed by atoms with van der Waals surface area (Å²) in [6.45, 7) is 1.93. The van der Waals surface area contributed by atoms with E-state index in [1.54, 1.807) is 0 Å². The van der Waals surface area contributed by atoms with Crippen molar-refractivity contribution in [2.24, 2.45) is 0 Å².